The van der Waals surface area contributed by atoms with Crippen LogP contribution in [0.5, 0.6) is 0 Å². The van der Waals surface area contributed by atoms with E-state index in [1.807, 2.05) is 11.9 Å². The number of hydrogen-bond donors (Lipinski definition) is 1. The first-order valence-corrected chi connectivity index (χ1v) is 7.42. The molecule has 1 amide bonds. The molecular formula is C14H27N3O. The summed E-state index contributed by atoms with van der Waals surface area (Å²) in [5.41, 5.74) is 0. The van der Waals surface area contributed by atoms with Crippen molar-refractivity contribution in [1.82, 2.24) is 15.1 Å². The third-order valence-electron chi connectivity index (χ3n) is 4.19. The number of carbonyl (C=O) groups is 1. The summed E-state index contributed by atoms with van der Waals surface area (Å²) in [4.78, 5) is 16.3. The van der Waals surface area contributed by atoms with E-state index in [0.717, 1.165) is 19.6 Å². The molecule has 2 rings (SSSR count). The summed E-state index contributed by atoms with van der Waals surface area (Å²) in [6.07, 6.45) is 6.26. The highest BCUT2D eigenvalue weighted by Crippen LogP contribution is 2.25. The van der Waals surface area contributed by atoms with Crippen molar-refractivity contribution in [3.05, 3.63) is 0 Å². The van der Waals surface area contributed by atoms with E-state index in [2.05, 4.69) is 17.1 Å². The average Bonchev–Trinajstić information content (AvgIpc) is 3.22. The normalized spacial score (nSPS) is 24.3. The highest BCUT2D eigenvalue weighted by atomic mass is 16.2. The van der Waals surface area contributed by atoms with Gasteiger partial charge in [-0.15, -0.1) is 0 Å². The van der Waals surface area contributed by atoms with Crippen LogP contribution < -0.4 is 5.32 Å². The van der Waals surface area contributed by atoms with Crippen molar-refractivity contribution in [2.75, 3.05) is 33.2 Å². The molecule has 1 saturated carbocycles. The van der Waals surface area contributed by atoms with Gasteiger partial charge in [-0.05, 0) is 38.8 Å². The fraction of sp³-hybridized carbons (Fsp3) is 0.929. The van der Waals surface area contributed by atoms with E-state index in [1.165, 1.54) is 32.1 Å². The largest absolute Gasteiger partial charge is 0.342 e. The van der Waals surface area contributed by atoms with Gasteiger partial charge in [0.25, 0.3) is 0 Å². The summed E-state index contributed by atoms with van der Waals surface area (Å²) in [6, 6.07) is 1.11. The fourth-order valence-electron chi connectivity index (χ4n) is 2.67. The summed E-state index contributed by atoms with van der Waals surface area (Å²) >= 11 is 0. The Morgan fingerprint density at radius 1 is 1.28 bits per heavy atom. The zero-order chi connectivity index (χ0) is 13.0. The summed E-state index contributed by atoms with van der Waals surface area (Å²) in [5.74, 6) is 0.287. The Kier molecular flexibility index (Phi) is 5.01. The van der Waals surface area contributed by atoms with Crippen molar-refractivity contribution in [2.45, 2.75) is 51.1 Å². The number of hydrogen-bond acceptors (Lipinski definition) is 3. The molecule has 1 heterocycles. The van der Waals surface area contributed by atoms with Crippen LogP contribution in [0.4, 0.5) is 0 Å². The highest BCUT2D eigenvalue weighted by Gasteiger charge is 2.30. The van der Waals surface area contributed by atoms with Gasteiger partial charge in [0, 0.05) is 25.7 Å². The average molecular weight is 253 g/mol. The van der Waals surface area contributed by atoms with Crippen molar-refractivity contribution < 1.29 is 4.79 Å². The Bertz CT molecular complexity index is 272. The lowest BCUT2D eigenvalue weighted by Gasteiger charge is -2.30. The fourth-order valence-corrected chi connectivity index (χ4v) is 2.67. The minimum atomic E-state index is 0.287. The van der Waals surface area contributed by atoms with Crippen molar-refractivity contribution in [2.24, 2.45) is 0 Å². The lowest BCUT2D eigenvalue weighted by Crippen LogP contribution is -2.47. The third kappa shape index (κ3) is 3.95. The summed E-state index contributed by atoms with van der Waals surface area (Å²) < 4.78 is 0. The van der Waals surface area contributed by atoms with Crippen LogP contribution >= 0.6 is 0 Å². The first-order valence-electron chi connectivity index (χ1n) is 7.42. The van der Waals surface area contributed by atoms with E-state index in [1.54, 1.807) is 0 Å². The van der Waals surface area contributed by atoms with Gasteiger partial charge in [0.15, 0.2) is 0 Å². The van der Waals surface area contributed by atoms with E-state index in [9.17, 15) is 4.79 Å². The molecule has 104 valence electrons. The summed E-state index contributed by atoms with van der Waals surface area (Å²) in [6.45, 7) is 5.84. The monoisotopic (exact) mass is 253 g/mol. The second-order valence-electron chi connectivity index (χ2n) is 5.71. The molecule has 2 aliphatic rings. The van der Waals surface area contributed by atoms with Crippen LogP contribution in [0, 0.1) is 0 Å². The molecule has 0 spiro atoms. The minimum absolute atomic E-state index is 0.287. The molecule has 0 radical (unpaired) electrons. The van der Waals surface area contributed by atoms with E-state index < -0.39 is 0 Å². The first-order chi connectivity index (χ1) is 8.70. The molecule has 18 heavy (non-hydrogen) atoms. The van der Waals surface area contributed by atoms with Gasteiger partial charge in [-0.1, -0.05) is 13.3 Å². The molecule has 1 aliphatic heterocycles. The number of carbonyl (C=O) groups excluding carboxylic acids is 1. The maximum absolute atomic E-state index is 12.1. The molecule has 4 nitrogen and oxygen atoms in total. The van der Waals surface area contributed by atoms with Crippen LogP contribution in [0.2, 0.25) is 0 Å². The van der Waals surface area contributed by atoms with E-state index >= 15 is 0 Å². The second kappa shape index (κ2) is 6.53. The standard InChI is InChI=1S/C14H27N3O/c1-3-17(10-12-6-4-5-9-15-12)11-14(18)16(2)13-7-8-13/h12-13,15H,3-11H2,1-2H3. The topological polar surface area (TPSA) is 35.6 Å². The molecule has 2 fully saturated rings. The Balaban J connectivity index is 1.74. The molecule has 0 aromatic heterocycles. The van der Waals surface area contributed by atoms with Crippen LogP contribution in [-0.4, -0.2) is 61.0 Å². The molecule has 1 unspecified atom stereocenters. The zero-order valence-electron chi connectivity index (χ0n) is 11.8. The number of likely N-dealkylation sites (N-methyl/N-ethyl adjacent to an activating group) is 2. The maximum atomic E-state index is 12.1. The SMILES string of the molecule is CCN(CC(=O)N(C)C1CC1)CC1CCCCN1. The van der Waals surface area contributed by atoms with Crippen molar-refractivity contribution in [1.29, 1.82) is 0 Å². The minimum Gasteiger partial charge on any atom is -0.342 e. The zero-order valence-corrected chi connectivity index (χ0v) is 11.8. The lowest BCUT2D eigenvalue weighted by molar-refractivity contribution is -0.131. The molecule has 0 bridgehead atoms. The molecule has 1 N–H and O–H groups in total. The predicted molar refractivity (Wildman–Crippen MR) is 73.5 cm³/mol. The van der Waals surface area contributed by atoms with Crippen LogP contribution in [0.25, 0.3) is 0 Å². The van der Waals surface area contributed by atoms with Crippen molar-refractivity contribution in [3.63, 3.8) is 0 Å². The van der Waals surface area contributed by atoms with E-state index in [0.29, 0.717) is 18.6 Å². The molecule has 4 heteroatoms. The molecule has 1 saturated heterocycles. The molecule has 0 aromatic carbocycles. The second-order valence-corrected chi connectivity index (χ2v) is 5.71. The lowest BCUT2D eigenvalue weighted by atomic mass is 10.0. The van der Waals surface area contributed by atoms with Gasteiger partial charge in [-0.25, -0.2) is 0 Å². The van der Waals surface area contributed by atoms with E-state index in [-0.39, 0.29) is 5.91 Å². The molecule has 1 atom stereocenters. The smallest absolute Gasteiger partial charge is 0.236 e. The Morgan fingerprint density at radius 3 is 2.61 bits per heavy atom. The quantitative estimate of drug-likeness (QED) is 0.769. The Hall–Kier alpha value is -0.610. The van der Waals surface area contributed by atoms with Gasteiger partial charge in [-0.3, -0.25) is 9.69 Å². The molecule has 0 aromatic rings. The van der Waals surface area contributed by atoms with Crippen LogP contribution in [-0.2, 0) is 4.79 Å². The van der Waals surface area contributed by atoms with Crippen LogP contribution in [0.1, 0.15) is 39.0 Å². The van der Waals surface area contributed by atoms with Crippen LogP contribution in [0.15, 0.2) is 0 Å². The number of nitrogens with zero attached hydrogens (tertiary/aromatic N) is 2. The van der Waals surface area contributed by atoms with Crippen LogP contribution in [0.3, 0.4) is 0 Å². The predicted octanol–water partition coefficient (Wildman–Crippen LogP) is 1.07. The number of rotatable bonds is 6. The number of amides is 1. The Labute approximate surface area is 111 Å². The van der Waals surface area contributed by atoms with Gasteiger partial charge in [0.2, 0.25) is 5.91 Å². The van der Waals surface area contributed by atoms with Gasteiger partial charge in [-0.2, -0.15) is 0 Å². The molecule has 1 aliphatic carbocycles. The van der Waals surface area contributed by atoms with Gasteiger partial charge >= 0.3 is 0 Å². The van der Waals surface area contributed by atoms with Gasteiger partial charge in [0.05, 0.1) is 6.54 Å². The Morgan fingerprint density at radius 2 is 2.06 bits per heavy atom. The van der Waals surface area contributed by atoms with Crippen molar-refractivity contribution >= 4 is 5.91 Å². The van der Waals surface area contributed by atoms with Gasteiger partial charge in [0.1, 0.15) is 0 Å². The first kappa shape index (κ1) is 13.8. The van der Waals surface area contributed by atoms with Crippen molar-refractivity contribution in [3.8, 4) is 0 Å². The van der Waals surface area contributed by atoms with E-state index in [4.69, 9.17) is 0 Å². The molecular weight excluding hydrogens is 226 g/mol. The number of nitrogens with one attached hydrogen (secondary N) is 1. The summed E-state index contributed by atoms with van der Waals surface area (Å²) in [7, 11) is 1.95. The van der Waals surface area contributed by atoms with Gasteiger partial charge < -0.3 is 10.2 Å². The maximum Gasteiger partial charge on any atom is 0.236 e. The highest BCUT2D eigenvalue weighted by molar-refractivity contribution is 5.78. The third-order valence-corrected chi connectivity index (χ3v) is 4.19. The number of piperidine rings is 1. The summed E-state index contributed by atoms with van der Waals surface area (Å²) in [5, 5.41) is 3.55.